The summed E-state index contributed by atoms with van der Waals surface area (Å²) >= 11 is 0. The largest absolute Gasteiger partial charge is 0.228 e. The number of benzene rings is 10. The standard InChI is InChI=1S/C67H41N3/c68-42-43-18-16-21-45(38-43)46-22-17-23-48(39-46)65-69-63(44-19-2-1-3-20-44)41-64(70-65)53-28-5-4-24-49(53)47-36-37-58-54(40-47)52-27-8-11-31-57(52)67(58)61-34-14-12-32-59(61)66(60-33-13-15-35-62(60)67)55-29-9-6-25-50(55)51-26-7-10-30-56(51)66/h1-41H. The highest BCUT2D eigenvalue weighted by atomic mass is 14.9. The van der Waals surface area contributed by atoms with Gasteiger partial charge in [0.15, 0.2) is 5.82 Å². The highest BCUT2D eigenvalue weighted by Crippen LogP contribution is 2.67. The van der Waals surface area contributed by atoms with Gasteiger partial charge < -0.3 is 0 Å². The van der Waals surface area contributed by atoms with Crippen LogP contribution in [0.2, 0.25) is 0 Å². The molecule has 1 heterocycles. The third-order valence-electron chi connectivity index (χ3n) is 15.2. The maximum Gasteiger partial charge on any atom is 0.160 e. The zero-order chi connectivity index (χ0) is 46.4. The van der Waals surface area contributed by atoms with E-state index in [1.54, 1.807) is 0 Å². The van der Waals surface area contributed by atoms with Crippen LogP contribution in [0.15, 0.2) is 249 Å². The maximum absolute atomic E-state index is 9.66. The Bertz CT molecular complexity index is 3890. The number of hydrogen-bond acceptors (Lipinski definition) is 3. The van der Waals surface area contributed by atoms with Crippen LogP contribution < -0.4 is 0 Å². The second-order valence-corrected chi connectivity index (χ2v) is 18.6. The fourth-order valence-corrected chi connectivity index (χ4v) is 12.4. The Hall–Kier alpha value is -9.23. The molecule has 0 amide bonds. The van der Waals surface area contributed by atoms with Crippen molar-refractivity contribution in [1.82, 2.24) is 9.97 Å². The molecule has 0 unspecified atom stereocenters. The summed E-state index contributed by atoms with van der Waals surface area (Å²) in [6.45, 7) is 0. The average Bonchev–Trinajstić information content (AvgIpc) is 3.90. The number of nitrogens with zero attached hydrogens (tertiary/aromatic N) is 3. The lowest BCUT2D eigenvalue weighted by Crippen LogP contribution is -2.43. The molecule has 0 bridgehead atoms. The normalized spacial score (nSPS) is 13.6. The van der Waals surface area contributed by atoms with Crippen LogP contribution >= 0.6 is 0 Å². The molecule has 3 aliphatic carbocycles. The van der Waals surface area contributed by atoms with Crippen molar-refractivity contribution < 1.29 is 0 Å². The number of hydrogen-bond donors (Lipinski definition) is 0. The molecule has 0 saturated heterocycles. The van der Waals surface area contributed by atoms with Gasteiger partial charge in [0.2, 0.25) is 0 Å². The fourth-order valence-electron chi connectivity index (χ4n) is 12.4. The van der Waals surface area contributed by atoms with E-state index >= 15 is 0 Å². The van der Waals surface area contributed by atoms with Gasteiger partial charge in [0, 0.05) is 16.7 Å². The molecule has 0 fully saturated rings. The van der Waals surface area contributed by atoms with E-state index < -0.39 is 10.8 Å². The Morgan fingerprint density at radius 1 is 0.271 bits per heavy atom. The van der Waals surface area contributed by atoms with Crippen LogP contribution in [0.1, 0.15) is 50.1 Å². The molecule has 1 aromatic heterocycles. The summed E-state index contributed by atoms with van der Waals surface area (Å²) in [6, 6.07) is 92.4. The van der Waals surface area contributed by atoms with Crippen molar-refractivity contribution in [3.63, 3.8) is 0 Å². The third-order valence-corrected chi connectivity index (χ3v) is 15.2. The molecular weight excluding hydrogens is 847 g/mol. The van der Waals surface area contributed by atoms with Crippen LogP contribution in [0.3, 0.4) is 0 Å². The average molecular weight is 888 g/mol. The third kappa shape index (κ3) is 5.56. The van der Waals surface area contributed by atoms with E-state index in [0.717, 1.165) is 50.3 Å². The molecule has 14 rings (SSSR count). The molecule has 2 spiro atoms. The Kier molecular flexibility index (Phi) is 8.78. The SMILES string of the molecule is N#Cc1cccc(-c2cccc(-c3nc(-c4ccccc4)cc(-c4ccccc4-c4ccc5c(c4)-c4ccccc4C54c5ccccc5C5(c6ccccc6-c6ccccc65)c5ccccc54)n3)c2)c1. The topological polar surface area (TPSA) is 49.6 Å². The first-order valence-corrected chi connectivity index (χ1v) is 24.0. The second-order valence-electron chi connectivity index (χ2n) is 18.6. The summed E-state index contributed by atoms with van der Waals surface area (Å²) < 4.78 is 0. The molecular formula is C67H41N3. The lowest BCUT2D eigenvalue weighted by molar-refractivity contribution is 0.633. The summed E-state index contributed by atoms with van der Waals surface area (Å²) in [7, 11) is 0. The minimum atomic E-state index is -0.564. The van der Waals surface area contributed by atoms with E-state index in [4.69, 9.17) is 9.97 Å². The molecule has 10 aromatic carbocycles. The molecule has 0 radical (unpaired) electrons. The van der Waals surface area contributed by atoms with Crippen LogP contribution in [0.5, 0.6) is 0 Å². The first-order chi connectivity index (χ1) is 34.7. The van der Waals surface area contributed by atoms with E-state index in [0.29, 0.717) is 11.4 Å². The number of rotatable bonds is 5. The number of fused-ring (bicyclic) bond motifs is 16. The van der Waals surface area contributed by atoms with Crippen molar-refractivity contribution in [2.45, 2.75) is 10.8 Å². The van der Waals surface area contributed by atoms with Crippen LogP contribution in [0.4, 0.5) is 0 Å². The second kappa shape index (κ2) is 15.4. The molecule has 3 aliphatic rings. The van der Waals surface area contributed by atoms with Gasteiger partial charge >= 0.3 is 0 Å². The summed E-state index contributed by atoms with van der Waals surface area (Å²) in [4.78, 5) is 10.6. The van der Waals surface area contributed by atoms with Gasteiger partial charge in [-0.25, -0.2) is 9.97 Å². The van der Waals surface area contributed by atoms with Gasteiger partial charge in [-0.1, -0.05) is 218 Å². The van der Waals surface area contributed by atoms with Gasteiger partial charge in [-0.15, -0.1) is 0 Å². The van der Waals surface area contributed by atoms with Crippen molar-refractivity contribution in [2.24, 2.45) is 0 Å². The molecule has 0 N–H and O–H groups in total. The van der Waals surface area contributed by atoms with E-state index in [2.05, 4.69) is 218 Å². The smallest absolute Gasteiger partial charge is 0.160 e. The highest BCUT2D eigenvalue weighted by Gasteiger charge is 2.58. The Morgan fingerprint density at radius 2 is 0.700 bits per heavy atom. The first-order valence-electron chi connectivity index (χ1n) is 24.0. The molecule has 0 aliphatic heterocycles. The molecule has 0 atom stereocenters. The van der Waals surface area contributed by atoms with Crippen LogP contribution in [-0.2, 0) is 10.8 Å². The summed E-state index contributed by atoms with van der Waals surface area (Å²) in [6.07, 6.45) is 0. The summed E-state index contributed by atoms with van der Waals surface area (Å²) in [5, 5.41) is 9.66. The van der Waals surface area contributed by atoms with Gasteiger partial charge in [-0.05, 0) is 119 Å². The minimum Gasteiger partial charge on any atom is -0.228 e. The fraction of sp³-hybridized carbons (Fsp3) is 0.0299. The van der Waals surface area contributed by atoms with Gasteiger partial charge in [-0.3, -0.25) is 0 Å². The Morgan fingerprint density at radius 3 is 1.29 bits per heavy atom. The summed E-state index contributed by atoms with van der Waals surface area (Å²) in [5.41, 5.74) is 24.1. The van der Waals surface area contributed by atoms with Crippen molar-refractivity contribution >= 4 is 0 Å². The van der Waals surface area contributed by atoms with Gasteiger partial charge in [0.25, 0.3) is 0 Å². The van der Waals surface area contributed by atoms with Crippen molar-refractivity contribution in [3.05, 3.63) is 299 Å². The Labute approximate surface area is 407 Å². The van der Waals surface area contributed by atoms with Crippen LogP contribution in [0, 0.1) is 11.3 Å². The molecule has 3 nitrogen and oxygen atoms in total. The van der Waals surface area contributed by atoms with Gasteiger partial charge in [-0.2, -0.15) is 5.26 Å². The predicted octanol–water partition coefficient (Wildman–Crippen LogP) is 15.7. The molecule has 3 heteroatoms. The van der Waals surface area contributed by atoms with E-state index in [-0.39, 0.29) is 0 Å². The number of nitriles is 1. The molecule has 324 valence electrons. The van der Waals surface area contributed by atoms with Crippen molar-refractivity contribution in [3.8, 4) is 84.5 Å². The van der Waals surface area contributed by atoms with Crippen molar-refractivity contribution in [1.29, 1.82) is 5.26 Å². The van der Waals surface area contributed by atoms with E-state index in [1.165, 1.54) is 66.8 Å². The van der Waals surface area contributed by atoms with Gasteiger partial charge in [0.1, 0.15) is 0 Å². The number of aromatic nitrogens is 2. The van der Waals surface area contributed by atoms with Gasteiger partial charge in [0.05, 0.1) is 33.9 Å². The molecule has 70 heavy (non-hydrogen) atoms. The molecule has 0 saturated carbocycles. The maximum atomic E-state index is 9.66. The lowest BCUT2D eigenvalue weighted by atomic mass is 9.52. The van der Waals surface area contributed by atoms with Crippen LogP contribution in [-0.4, -0.2) is 9.97 Å². The van der Waals surface area contributed by atoms with E-state index in [1.807, 2.05) is 36.4 Å². The first kappa shape index (κ1) is 39.9. The minimum absolute atomic E-state index is 0.485. The lowest BCUT2D eigenvalue weighted by Gasteiger charge is -2.48. The molecule has 11 aromatic rings. The Balaban J connectivity index is 0.963. The quantitative estimate of drug-likeness (QED) is 0.173. The zero-order valence-electron chi connectivity index (χ0n) is 38.0. The predicted molar refractivity (Wildman–Crippen MR) is 282 cm³/mol. The van der Waals surface area contributed by atoms with E-state index in [9.17, 15) is 5.26 Å². The highest BCUT2D eigenvalue weighted by molar-refractivity contribution is 5.96. The monoisotopic (exact) mass is 887 g/mol. The van der Waals surface area contributed by atoms with Crippen LogP contribution in [0.25, 0.3) is 78.4 Å². The summed E-state index contributed by atoms with van der Waals surface area (Å²) in [5.74, 6) is 0.633. The van der Waals surface area contributed by atoms with Crippen molar-refractivity contribution in [2.75, 3.05) is 0 Å². The zero-order valence-corrected chi connectivity index (χ0v) is 38.0.